The summed E-state index contributed by atoms with van der Waals surface area (Å²) in [5, 5.41) is 17.5. The normalized spacial score (nSPS) is 14.8. The third-order valence-electron chi connectivity index (χ3n) is 14.8. The van der Waals surface area contributed by atoms with Crippen molar-refractivity contribution in [3.63, 3.8) is 0 Å². The Balaban J connectivity index is 1.24. The van der Waals surface area contributed by atoms with Crippen LogP contribution < -0.4 is 18.9 Å². The molecule has 10 rings (SSSR count). The molecule has 4 unspecified atom stereocenters. The predicted octanol–water partition coefficient (Wildman–Crippen LogP) is 17.8. The van der Waals surface area contributed by atoms with Gasteiger partial charge in [-0.3, -0.25) is 0 Å². The zero-order chi connectivity index (χ0) is 56.0. The smallest absolute Gasteiger partial charge is 0.416 e. The van der Waals surface area contributed by atoms with Gasteiger partial charge in [-0.05, 0) is 195 Å². The molecule has 0 bridgehead atoms. The summed E-state index contributed by atoms with van der Waals surface area (Å²) in [6, 6.07) is 29.3. The minimum Gasteiger partial charge on any atom is -0.487 e. The lowest BCUT2D eigenvalue weighted by atomic mass is 9.70. The number of fused-ring (bicyclic) bond motifs is 10. The molecule has 0 radical (unpaired) electrons. The Kier molecular flexibility index (Phi) is 15.2. The number of benzene rings is 6. The van der Waals surface area contributed by atoms with Crippen LogP contribution in [0.5, 0.6) is 23.0 Å². The molecule has 412 valence electrons. The summed E-state index contributed by atoms with van der Waals surface area (Å²) >= 11 is 0. The van der Waals surface area contributed by atoms with Crippen LogP contribution in [0.4, 0.5) is 26.3 Å². The molecule has 1 spiro atoms. The highest BCUT2D eigenvalue weighted by Crippen LogP contribution is 2.66. The number of ether oxygens (including phenoxy) is 4. The van der Waals surface area contributed by atoms with Crippen LogP contribution in [-0.4, -0.2) is 44.8 Å². The van der Waals surface area contributed by atoms with E-state index < -0.39 is 28.9 Å². The van der Waals surface area contributed by atoms with Gasteiger partial charge < -0.3 is 27.8 Å². The van der Waals surface area contributed by atoms with Crippen molar-refractivity contribution in [3.05, 3.63) is 143 Å². The molecular formula is C63H62F6N4O6. The van der Waals surface area contributed by atoms with Gasteiger partial charge in [-0.2, -0.15) is 26.3 Å². The van der Waals surface area contributed by atoms with Gasteiger partial charge in [0.25, 0.3) is 0 Å². The maximum atomic E-state index is 13.6. The van der Waals surface area contributed by atoms with Gasteiger partial charge in [0, 0.05) is 22.3 Å². The Morgan fingerprint density at radius 2 is 0.658 bits per heavy atom. The third-order valence-corrected chi connectivity index (χ3v) is 14.8. The third kappa shape index (κ3) is 10.6. The van der Waals surface area contributed by atoms with E-state index in [1.807, 2.05) is 50.2 Å². The second kappa shape index (κ2) is 21.9. The Labute approximate surface area is 455 Å². The maximum Gasteiger partial charge on any atom is 0.416 e. The average molecular weight is 1090 g/mol. The first kappa shape index (κ1) is 54.7. The maximum absolute atomic E-state index is 13.6. The number of aromatic nitrogens is 4. The van der Waals surface area contributed by atoms with E-state index in [4.69, 9.17) is 27.8 Å². The van der Waals surface area contributed by atoms with Gasteiger partial charge in [-0.15, -0.1) is 20.4 Å². The summed E-state index contributed by atoms with van der Waals surface area (Å²) < 4.78 is 122. The van der Waals surface area contributed by atoms with E-state index >= 15 is 0 Å². The van der Waals surface area contributed by atoms with Crippen LogP contribution in [0.3, 0.4) is 0 Å². The minimum absolute atomic E-state index is 0.0410. The summed E-state index contributed by atoms with van der Waals surface area (Å²) in [6.07, 6.45) is -2.91. The first-order chi connectivity index (χ1) is 37.8. The Hall–Kier alpha value is -7.62. The lowest BCUT2D eigenvalue weighted by molar-refractivity contribution is -0.138. The van der Waals surface area contributed by atoms with Crippen molar-refractivity contribution in [2.45, 2.75) is 149 Å². The lowest BCUT2D eigenvalue weighted by Gasteiger charge is -2.32. The van der Waals surface area contributed by atoms with Gasteiger partial charge >= 0.3 is 12.4 Å². The summed E-state index contributed by atoms with van der Waals surface area (Å²) in [4.78, 5) is 0. The number of nitrogens with zero attached hydrogens (tertiary/aromatic N) is 4. The van der Waals surface area contributed by atoms with Crippen LogP contribution >= 0.6 is 0 Å². The molecule has 10 nitrogen and oxygen atoms in total. The van der Waals surface area contributed by atoms with Crippen LogP contribution in [0.15, 0.2) is 118 Å². The van der Waals surface area contributed by atoms with Crippen molar-refractivity contribution >= 4 is 0 Å². The topological polar surface area (TPSA) is 115 Å². The van der Waals surface area contributed by atoms with Crippen molar-refractivity contribution in [2.75, 3.05) is 0 Å². The molecule has 79 heavy (non-hydrogen) atoms. The Morgan fingerprint density at radius 3 is 0.962 bits per heavy atom. The summed E-state index contributed by atoms with van der Waals surface area (Å²) in [5.41, 5.74) is 5.84. The SMILES string of the molecule is CCCC(C)Oc1cc2c(cc1OC(C)CCC)C1(c3cc(-c4nnc(-c5ccc(C(F)(F)F)cc5)o4)ccc3-c3ccc(-c4nnc(-c5ccc(C(F)(F)F)cc5)o4)cc31)c1cc(OC(C)CCC)c(OC(C)CCC)cc1-2. The van der Waals surface area contributed by atoms with E-state index in [1.165, 1.54) is 24.3 Å². The molecule has 6 aromatic carbocycles. The van der Waals surface area contributed by atoms with Crippen molar-refractivity contribution in [1.29, 1.82) is 0 Å². The predicted molar refractivity (Wildman–Crippen MR) is 290 cm³/mol. The van der Waals surface area contributed by atoms with E-state index in [-0.39, 0.29) is 48.0 Å². The highest BCUT2D eigenvalue weighted by molar-refractivity contribution is 5.98. The zero-order valence-electron chi connectivity index (χ0n) is 45.4. The highest BCUT2D eigenvalue weighted by atomic mass is 19.4. The summed E-state index contributed by atoms with van der Waals surface area (Å²) in [6.45, 7) is 16.7. The quantitative estimate of drug-likeness (QED) is 0.0683. The van der Waals surface area contributed by atoms with E-state index in [0.29, 0.717) is 45.3 Å². The summed E-state index contributed by atoms with van der Waals surface area (Å²) in [7, 11) is 0. The molecular weight excluding hydrogens is 1020 g/mol. The van der Waals surface area contributed by atoms with Gasteiger partial charge in [0.2, 0.25) is 23.6 Å². The standard InChI is InChI=1S/C63H62F6N4O6/c1-9-13-35(5)74-53-31-47-48-32-54(75-36(6)14-10-2)56(77-38(8)16-12-4)34-52(48)61(51(47)33-55(53)76-37(7)15-11-3)49-29-41(59-72-70-57(78-59)39-17-23-43(24-18-39)62(64,65)66)21-27-45(49)46-28-22-42(30-50(46)61)60-73-71-58(79-60)40-19-25-44(26-20-40)63(67,68)69/h17-38H,9-16H2,1-8H3. The Morgan fingerprint density at radius 1 is 0.380 bits per heavy atom. The van der Waals surface area contributed by atoms with Crippen molar-refractivity contribution in [2.24, 2.45) is 0 Å². The highest BCUT2D eigenvalue weighted by Gasteiger charge is 2.54. The lowest BCUT2D eigenvalue weighted by Crippen LogP contribution is -2.27. The van der Waals surface area contributed by atoms with E-state index in [0.717, 1.165) is 120 Å². The molecule has 0 fully saturated rings. The van der Waals surface area contributed by atoms with Crippen LogP contribution in [0.2, 0.25) is 0 Å². The molecule has 2 aliphatic carbocycles. The average Bonchev–Trinajstić information content (AvgIpc) is 2.39. The molecule has 2 heterocycles. The van der Waals surface area contributed by atoms with Crippen LogP contribution in [0, 0.1) is 0 Å². The molecule has 0 amide bonds. The first-order valence-electron chi connectivity index (χ1n) is 27.2. The Bertz CT molecular complexity index is 3250. The second-order valence-electron chi connectivity index (χ2n) is 20.8. The van der Waals surface area contributed by atoms with Crippen LogP contribution in [0.25, 0.3) is 68.1 Å². The monoisotopic (exact) mass is 1080 g/mol. The van der Waals surface area contributed by atoms with E-state index in [1.54, 1.807) is 0 Å². The molecule has 0 aliphatic heterocycles. The number of alkyl halides is 6. The van der Waals surface area contributed by atoms with Crippen LogP contribution in [-0.2, 0) is 17.8 Å². The number of rotatable bonds is 20. The number of hydrogen-bond acceptors (Lipinski definition) is 10. The molecule has 0 saturated carbocycles. The molecule has 2 aromatic heterocycles. The molecule has 8 aromatic rings. The molecule has 4 atom stereocenters. The summed E-state index contributed by atoms with van der Waals surface area (Å²) in [5.74, 6) is 2.67. The molecule has 2 aliphatic rings. The number of halogens is 6. The van der Waals surface area contributed by atoms with Gasteiger partial charge in [0.1, 0.15) is 0 Å². The van der Waals surface area contributed by atoms with E-state index in [2.05, 4.69) is 86.2 Å². The molecule has 0 N–H and O–H groups in total. The van der Waals surface area contributed by atoms with E-state index in [9.17, 15) is 26.3 Å². The van der Waals surface area contributed by atoms with Crippen LogP contribution in [0.1, 0.15) is 140 Å². The fourth-order valence-electron chi connectivity index (χ4n) is 11.1. The number of hydrogen-bond donors (Lipinski definition) is 0. The fourth-order valence-corrected chi connectivity index (χ4v) is 11.1. The van der Waals surface area contributed by atoms with Gasteiger partial charge in [0.15, 0.2) is 23.0 Å². The fraction of sp³-hybridized carbons (Fsp3) is 0.365. The van der Waals surface area contributed by atoms with Crippen molar-refractivity contribution < 1.29 is 54.1 Å². The van der Waals surface area contributed by atoms with Gasteiger partial charge in [0.05, 0.1) is 41.0 Å². The van der Waals surface area contributed by atoms with Crippen molar-refractivity contribution in [3.8, 4) is 91.1 Å². The van der Waals surface area contributed by atoms with Crippen molar-refractivity contribution in [1.82, 2.24) is 20.4 Å². The minimum atomic E-state index is -4.52. The molecule has 16 heteroatoms. The second-order valence-corrected chi connectivity index (χ2v) is 20.8. The zero-order valence-corrected chi connectivity index (χ0v) is 45.4. The van der Waals surface area contributed by atoms with Gasteiger partial charge in [-0.25, -0.2) is 0 Å². The molecule has 0 saturated heterocycles. The first-order valence-corrected chi connectivity index (χ1v) is 27.2. The largest absolute Gasteiger partial charge is 0.487 e. The van der Waals surface area contributed by atoms with Gasteiger partial charge in [-0.1, -0.05) is 65.5 Å².